The van der Waals surface area contributed by atoms with E-state index in [9.17, 15) is 14.9 Å². The zero-order valence-corrected chi connectivity index (χ0v) is 9.58. The van der Waals surface area contributed by atoms with Gasteiger partial charge in [-0.05, 0) is 19.9 Å². The maximum absolute atomic E-state index is 11.3. The minimum atomic E-state index is -0.672. The van der Waals surface area contributed by atoms with Crippen LogP contribution in [0.25, 0.3) is 0 Å². The van der Waals surface area contributed by atoms with Gasteiger partial charge in [0.15, 0.2) is 5.78 Å². The zero-order valence-electron chi connectivity index (χ0n) is 8.82. The number of nitrogens with zero attached hydrogens (tertiary/aromatic N) is 1. The number of carbonyl (C=O) groups excluding carboxylic acids is 1. The zero-order chi connectivity index (χ0) is 12.3. The van der Waals surface area contributed by atoms with E-state index in [4.69, 9.17) is 16.3 Å². The van der Waals surface area contributed by atoms with Gasteiger partial charge in [0, 0.05) is 6.07 Å². The first-order valence-electron chi connectivity index (χ1n) is 4.59. The minimum absolute atomic E-state index is 0.0408. The number of ether oxygens (including phenoxy) is 1. The molecule has 0 fully saturated rings. The highest BCUT2D eigenvalue weighted by Crippen LogP contribution is 2.33. The van der Waals surface area contributed by atoms with Crippen molar-refractivity contribution < 1.29 is 14.5 Å². The number of halogens is 1. The van der Waals surface area contributed by atoms with Gasteiger partial charge in [-0.25, -0.2) is 0 Å². The van der Waals surface area contributed by atoms with Crippen molar-refractivity contribution in [2.24, 2.45) is 0 Å². The van der Waals surface area contributed by atoms with E-state index in [2.05, 4.69) is 0 Å². The number of benzene rings is 1. The molecular formula is C10H10ClNO4. The highest BCUT2D eigenvalue weighted by atomic mass is 35.5. The van der Waals surface area contributed by atoms with Crippen LogP contribution in [0.2, 0.25) is 5.02 Å². The molecule has 1 aromatic rings. The maximum Gasteiger partial charge on any atom is 0.298 e. The summed E-state index contributed by atoms with van der Waals surface area (Å²) >= 11 is 5.74. The lowest BCUT2D eigenvalue weighted by Gasteiger charge is -2.06. The molecule has 0 spiro atoms. The van der Waals surface area contributed by atoms with Crippen LogP contribution in [0.3, 0.4) is 0 Å². The van der Waals surface area contributed by atoms with Crippen LogP contribution in [0.4, 0.5) is 5.69 Å². The molecule has 1 aromatic carbocycles. The average Bonchev–Trinajstić information content (AvgIpc) is 2.16. The fraction of sp³-hybridized carbons (Fsp3) is 0.300. The number of Topliss-reactive ketones (excluding diaryl/α,β-unsaturated/α-hetero) is 1. The number of hydrogen-bond acceptors (Lipinski definition) is 4. The number of carbonyl (C=O) groups is 1. The first-order chi connectivity index (χ1) is 7.47. The normalized spacial score (nSPS) is 9.94. The second-order valence-corrected chi connectivity index (χ2v) is 3.45. The lowest BCUT2D eigenvalue weighted by molar-refractivity contribution is -0.385. The van der Waals surface area contributed by atoms with Crippen LogP contribution in [0.15, 0.2) is 12.1 Å². The van der Waals surface area contributed by atoms with Crippen molar-refractivity contribution in [1.82, 2.24) is 0 Å². The summed E-state index contributed by atoms with van der Waals surface area (Å²) in [4.78, 5) is 21.3. The van der Waals surface area contributed by atoms with E-state index in [1.165, 1.54) is 19.1 Å². The van der Waals surface area contributed by atoms with Gasteiger partial charge in [-0.15, -0.1) is 0 Å². The molecule has 0 saturated heterocycles. The molecule has 0 aliphatic heterocycles. The van der Waals surface area contributed by atoms with Crippen LogP contribution >= 0.6 is 11.6 Å². The van der Waals surface area contributed by atoms with Crippen LogP contribution in [0.1, 0.15) is 24.2 Å². The van der Waals surface area contributed by atoms with Crippen molar-refractivity contribution in [2.75, 3.05) is 6.61 Å². The van der Waals surface area contributed by atoms with Crippen molar-refractivity contribution in [3.63, 3.8) is 0 Å². The average molecular weight is 244 g/mol. The maximum atomic E-state index is 11.3. The Labute approximate surface area is 97.1 Å². The number of nitro groups is 1. The number of nitro benzene ring substituents is 1. The Hall–Kier alpha value is -1.62. The van der Waals surface area contributed by atoms with Gasteiger partial charge in [-0.2, -0.15) is 0 Å². The quantitative estimate of drug-likeness (QED) is 0.463. The Morgan fingerprint density at radius 3 is 2.62 bits per heavy atom. The van der Waals surface area contributed by atoms with Crippen molar-refractivity contribution in [1.29, 1.82) is 0 Å². The molecule has 0 aliphatic carbocycles. The molecule has 0 bridgehead atoms. The predicted octanol–water partition coefficient (Wildman–Crippen LogP) is 2.85. The molecule has 5 nitrogen and oxygen atoms in total. The summed E-state index contributed by atoms with van der Waals surface area (Å²) in [5.74, 6) is -0.0709. The summed E-state index contributed by atoms with van der Waals surface area (Å²) in [6, 6.07) is 2.66. The third-order valence-electron chi connectivity index (χ3n) is 1.91. The fourth-order valence-corrected chi connectivity index (χ4v) is 1.56. The van der Waals surface area contributed by atoms with E-state index in [-0.39, 0.29) is 16.3 Å². The predicted molar refractivity (Wildman–Crippen MR) is 59.3 cm³/mol. The molecule has 1 rings (SSSR count). The Balaban J connectivity index is 3.39. The molecule has 0 aliphatic rings. The van der Waals surface area contributed by atoms with Crippen molar-refractivity contribution in [3.8, 4) is 5.75 Å². The van der Waals surface area contributed by atoms with Gasteiger partial charge in [0.1, 0.15) is 16.3 Å². The van der Waals surface area contributed by atoms with Crippen LogP contribution in [0, 0.1) is 10.1 Å². The summed E-state index contributed by atoms with van der Waals surface area (Å²) in [5.41, 5.74) is -0.418. The van der Waals surface area contributed by atoms with E-state index >= 15 is 0 Å². The molecule has 0 N–H and O–H groups in total. The molecule has 0 atom stereocenters. The topological polar surface area (TPSA) is 69.4 Å². The van der Waals surface area contributed by atoms with Gasteiger partial charge in [0.2, 0.25) is 0 Å². The number of hydrogen-bond donors (Lipinski definition) is 0. The van der Waals surface area contributed by atoms with Crippen LogP contribution < -0.4 is 4.74 Å². The van der Waals surface area contributed by atoms with Gasteiger partial charge in [-0.3, -0.25) is 14.9 Å². The van der Waals surface area contributed by atoms with E-state index < -0.39 is 10.7 Å². The van der Waals surface area contributed by atoms with Gasteiger partial charge in [-0.1, -0.05) is 11.6 Å². The molecule has 0 unspecified atom stereocenters. The fourth-order valence-electron chi connectivity index (χ4n) is 1.28. The highest BCUT2D eigenvalue weighted by Gasteiger charge is 2.23. The second-order valence-electron chi connectivity index (χ2n) is 3.05. The third-order valence-corrected chi connectivity index (χ3v) is 2.20. The van der Waals surface area contributed by atoms with E-state index in [1.807, 2.05) is 0 Å². The molecule has 16 heavy (non-hydrogen) atoms. The summed E-state index contributed by atoms with van der Waals surface area (Å²) in [6.45, 7) is 3.41. The van der Waals surface area contributed by atoms with E-state index in [0.29, 0.717) is 12.4 Å². The van der Waals surface area contributed by atoms with Crippen molar-refractivity contribution in [3.05, 3.63) is 32.8 Å². The summed E-state index contributed by atoms with van der Waals surface area (Å²) in [7, 11) is 0. The van der Waals surface area contributed by atoms with E-state index in [0.717, 1.165) is 0 Å². The lowest BCUT2D eigenvalue weighted by Crippen LogP contribution is -2.02. The van der Waals surface area contributed by atoms with Crippen molar-refractivity contribution in [2.45, 2.75) is 13.8 Å². The molecule has 6 heteroatoms. The number of ketones is 1. The first-order valence-corrected chi connectivity index (χ1v) is 4.96. The van der Waals surface area contributed by atoms with Crippen LogP contribution in [-0.4, -0.2) is 17.3 Å². The minimum Gasteiger partial charge on any atom is -0.494 e. The molecule has 0 heterocycles. The first kappa shape index (κ1) is 12.4. The third kappa shape index (κ3) is 2.49. The lowest BCUT2D eigenvalue weighted by atomic mass is 10.1. The Bertz CT molecular complexity index is 445. The van der Waals surface area contributed by atoms with Gasteiger partial charge in [0.05, 0.1) is 11.5 Å². The second kappa shape index (κ2) is 4.94. The Morgan fingerprint density at radius 2 is 2.19 bits per heavy atom. The summed E-state index contributed by atoms with van der Waals surface area (Å²) in [5, 5.41) is 10.6. The molecule has 0 saturated carbocycles. The molecule has 0 radical (unpaired) electrons. The monoisotopic (exact) mass is 243 g/mol. The SMILES string of the molecule is CCOc1cc(Cl)c([N+](=O)[O-])c(C(C)=O)c1. The van der Waals surface area contributed by atoms with Gasteiger partial charge < -0.3 is 4.74 Å². The van der Waals surface area contributed by atoms with E-state index in [1.54, 1.807) is 6.92 Å². The smallest absolute Gasteiger partial charge is 0.298 e. The van der Waals surface area contributed by atoms with Crippen LogP contribution in [0.5, 0.6) is 5.75 Å². The van der Waals surface area contributed by atoms with Crippen LogP contribution in [-0.2, 0) is 0 Å². The molecule has 0 aromatic heterocycles. The largest absolute Gasteiger partial charge is 0.494 e. The summed E-state index contributed by atoms with van der Waals surface area (Å²) < 4.78 is 5.15. The van der Waals surface area contributed by atoms with Crippen molar-refractivity contribution >= 4 is 23.1 Å². The standard InChI is InChI=1S/C10H10ClNO4/c1-3-16-7-4-8(6(2)13)10(12(14)15)9(11)5-7/h4-5H,3H2,1-2H3. The molecular weight excluding hydrogens is 234 g/mol. The molecule has 0 amide bonds. The Morgan fingerprint density at radius 1 is 1.56 bits per heavy atom. The van der Waals surface area contributed by atoms with Gasteiger partial charge in [0.25, 0.3) is 5.69 Å². The van der Waals surface area contributed by atoms with Gasteiger partial charge >= 0.3 is 0 Å². The number of rotatable bonds is 4. The highest BCUT2D eigenvalue weighted by molar-refractivity contribution is 6.33. The molecule has 86 valence electrons. The summed E-state index contributed by atoms with van der Waals surface area (Å²) in [6.07, 6.45) is 0. The Kier molecular flexibility index (Phi) is 3.84.